The van der Waals surface area contributed by atoms with Gasteiger partial charge in [-0.2, -0.15) is 9.78 Å². The van der Waals surface area contributed by atoms with E-state index in [0.29, 0.717) is 32.6 Å². The van der Waals surface area contributed by atoms with E-state index in [-0.39, 0.29) is 4.90 Å². The lowest BCUT2D eigenvalue weighted by atomic mass is 10.0. The molecule has 1 amide bonds. The van der Waals surface area contributed by atoms with Crippen molar-refractivity contribution < 1.29 is 13.2 Å². The van der Waals surface area contributed by atoms with Gasteiger partial charge in [0.05, 0.1) is 4.90 Å². The molecule has 1 radical (unpaired) electrons. The number of sulfonamides is 1. The van der Waals surface area contributed by atoms with Crippen LogP contribution in [-0.2, 0) is 10.0 Å². The minimum atomic E-state index is -3.84. The maximum Gasteiger partial charge on any atom is 0.347 e. The van der Waals surface area contributed by atoms with Crippen LogP contribution in [0.15, 0.2) is 77.7 Å². The molecule has 0 spiro atoms. The molecule has 1 heterocycles. The molecule has 0 fully saturated rings. The van der Waals surface area contributed by atoms with Crippen LogP contribution in [0.5, 0.6) is 0 Å². The van der Waals surface area contributed by atoms with E-state index in [1.54, 1.807) is 60.7 Å². The molecule has 0 bridgehead atoms. The third-order valence-electron chi connectivity index (χ3n) is 4.51. The fourth-order valence-corrected chi connectivity index (χ4v) is 3.83. The molecule has 32 heavy (non-hydrogen) atoms. The molecule has 10 heteroatoms. The van der Waals surface area contributed by atoms with Gasteiger partial charge in [-0.3, -0.25) is 0 Å². The van der Waals surface area contributed by atoms with Gasteiger partial charge < -0.3 is 5.32 Å². The first kappa shape index (κ1) is 22.0. The molecule has 0 aliphatic heterocycles. The Labute approximate surface area is 194 Å². The molecule has 0 atom stereocenters. The average Bonchev–Trinajstić information content (AvgIpc) is 3.19. The van der Waals surface area contributed by atoms with Crippen LogP contribution >= 0.6 is 23.2 Å². The van der Waals surface area contributed by atoms with Gasteiger partial charge in [-0.15, -0.1) is 0 Å². The number of aromatic nitrogens is 2. The van der Waals surface area contributed by atoms with Gasteiger partial charge in [-0.1, -0.05) is 53.5 Å². The Morgan fingerprint density at radius 2 is 1.59 bits per heavy atom. The molecule has 3 aromatic carbocycles. The number of nitrogens with one attached hydrogen (secondary N) is 1. The predicted octanol–water partition coefficient (Wildman–Crippen LogP) is 5.05. The molecular weight excluding hydrogens is 471 g/mol. The summed E-state index contributed by atoms with van der Waals surface area (Å²) in [6.45, 7) is 0. The first-order valence-corrected chi connectivity index (χ1v) is 11.5. The number of primary sulfonamides is 1. The Balaban J connectivity index is 1.76. The highest BCUT2D eigenvalue weighted by molar-refractivity contribution is 7.89. The van der Waals surface area contributed by atoms with Gasteiger partial charge in [-0.05, 0) is 48.0 Å². The molecule has 3 N–H and O–H groups in total. The van der Waals surface area contributed by atoms with Crippen LogP contribution in [0.25, 0.3) is 22.4 Å². The third-order valence-corrected chi connectivity index (χ3v) is 5.93. The number of nitrogens with two attached hydrogens (primary N) is 1. The summed E-state index contributed by atoms with van der Waals surface area (Å²) in [6, 6.07) is 19.0. The van der Waals surface area contributed by atoms with Crippen LogP contribution in [0, 0.1) is 6.20 Å². The largest absolute Gasteiger partial charge is 0.347 e. The Bertz CT molecular complexity index is 1400. The zero-order chi connectivity index (χ0) is 22.9. The summed E-state index contributed by atoms with van der Waals surface area (Å²) < 4.78 is 24.2. The molecule has 0 aliphatic carbocycles. The minimum Gasteiger partial charge on any atom is -0.306 e. The van der Waals surface area contributed by atoms with Crippen molar-refractivity contribution in [2.24, 2.45) is 5.14 Å². The van der Waals surface area contributed by atoms with Crippen LogP contribution in [0.1, 0.15) is 0 Å². The highest BCUT2D eigenvalue weighted by atomic mass is 35.5. The topological polar surface area (TPSA) is 107 Å². The van der Waals surface area contributed by atoms with E-state index in [2.05, 4.69) is 16.6 Å². The summed E-state index contributed by atoms with van der Waals surface area (Å²) in [5.41, 5.74) is 2.76. The van der Waals surface area contributed by atoms with Crippen molar-refractivity contribution in [2.75, 3.05) is 5.32 Å². The lowest BCUT2D eigenvalue weighted by Gasteiger charge is -2.05. The number of benzene rings is 3. The van der Waals surface area contributed by atoms with Crippen LogP contribution in [-0.4, -0.2) is 24.2 Å². The molecular formula is C22H15Cl2N4O3S. The second-order valence-electron chi connectivity index (χ2n) is 6.76. The number of anilines is 1. The standard InChI is InChI=1S/C22H15Cl2N4O3S/c23-16-8-4-14(5-9-16)20-13-28(22(29)26-18-3-1-2-17(24)12-18)27-21(20)15-6-10-19(11-7-15)32(25,30)31/h1-12H,(H,26,29)(H2,25,30,31). The maximum absolute atomic E-state index is 12.8. The summed E-state index contributed by atoms with van der Waals surface area (Å²) in [5, 5.41) is 13.3. The fourth-order valence-electron chi connectivity index (χ4n) is 3.00. The molecule has 0 unspecified atom stereocenters. The highest BCUT2D eigenvalue weighted by Crippen LogP contribution is 2.32. The zero-order valence-corrected chi connectivity index (χ0v) is 18.6. The summed E-state index contributed by atoms with van der Waals surface area (Å²) in [6.07, 6.45) is 2.97. The van der Waals surface area contributed by atoms with Crippen LogP contribution in [0.2, 0.25) is 10.0 Å². The lowest BCUT2D eigenvalue weighted by molar-refractivity contribution is 0.251. The number of carbonyl (C=O) groups is 1. The lowest BCUT2D eigenvalue weighted by Crippen LogP contribution is -2.20. The quantitative estimate of drug-likeness (QED) is 0.421. The molecule has 1 aromatic heterocycles. The predicted molar refractivity (Wildman–Crippen MR) is 124 cm³/mol. The van der Waals surface area contributed by atoms with E-state index in [9.17, 15) is 13.2 Å². The van der Waals surface area contributed by atoms with Gasteiger partial charge in [0.15, 0.2) is 0 Å². The van der Waals surface area contributed by atoms with Gasteiger partial charge >= 0.3 is 6.03 Å². The average molecular weight is 486 g/mol. The summed E-state index contributed by atoms with van der Waals surface area (Å²) in [4.78, 5) is 12.8. The number of hydrogen-bond acceptors (Lipinski definition) is 4. The van der Waals surface area contributed by atoms with Crippen molar-refractivity contribution in [1.82, 2.24) is 9.78 Å². The maximum atomic E-state index is 12.8. The van der Waals surface area contributed by atoms with Crippen molar-refractivity contribution >= 4 is 44.9 Å². The highest BCUT2D eigenvalue weighted by Gasteiger charge is 2.18. The van der Waals surface area contributed by atoms with E-state index in [4.69, 9.17) is 28.3 Å². The van der Waals surface area contributed by atoms with Crippen molar-refractivity contribution in [3.05, 3.63) is 89.0 Å². The monoisotopic (exact) mass is 485 g/mol. The third kappa shape index (κ3) is 4.84. The first-order chi connectivity index (χ1) is 15.2. The van der Waals surface area contributed by atoms with Crippen molar-refractivity contribution in [1.29, 1.82) is 0 Å². The Morgan fingerprint density at radius 3 is 2.22 bits per heavy atom. The van der Waals surface area contributed by atoms with Crippen molar-refractivity contribution in [2.45, 2.75) is 4.90 Å². The summed E-state index contributed by atoms with van der Waals surface area (Å²) in [7, 11) is -3.84. The van der Waals surface area contributed by atoms with Gasteiger partial charge in [0.1, 0.15) is 11.9 Å². The minimum absolute atomic E-state index is 0.0311. The smallest absolute Gasteiger partial charge is 0.306 e. The molecule has 161 valence electrons. The van der Waals surface area contributed by atoms with Crippen LogP contribution in [0.4, 0.5) is 10.5 Å². The molecule has 0 aliphatic rings. The van der Waals surface area contributed by atoms with E-state index in [1.807, 2.05) is 0 Å². The van der Waals surface area contributed by atoms with Gasteiger partial charge in [0.25, 0.3) is 0 Å². The zero-order valence-electron chi connectivity index (χ0n) is 16.3. The summed E-state index contributed by atoms with van der Waals surface area (Å²) >= 11 is 12.0. The Kier molecular flexibility index (Phi) is 6.03. The van der Waals surface area contributed by atoms with Gasteiger partial charge in [-0.25, -0.2) is 18.4 Å². The number of nitrogens with zero attached hydrogens (tertiary/aromatic N) is 2. The second kappa shape index (κ2) is 8.76. The van der Waals surface area contributed by atoms with Crippen LogP contribution in [0.3, 0.4) is 0 Å². The first-order valence-electron chi connectivity index (χ1n) is 9.19. The van der Waals surface area contributed by atoms with E-state index in [0.717, 1.165) is 10.2 Å². The number of hydrogen-bond donors (Lipinski definition) is 2. The van der Waals surface area contributed by atoms with E-state index < -0.39 is 16.1 Å². The Hall–Kier alpha value is -3.17. The second-order valence-corrected chi connectivity index (χ2v) is 9.20. The molecule has 7 nitrogen and oxygen atoms in total. The number of amides is 1. The van der Waals surface area contributed by atoms with Crippen molar-refractivity contribution in [3.8, 4) is 22.4 Å². The van der Waals surface area contributed by atoms with E-state index in [1.165, 1.54) is 12.1 Å². The van der Waals surface area contributed by atoms with Crippen LogP contribution < -0.4 is 10.5 Å². The molecule has 0 saturated heterocycles. The van der Waals surface area contributed by atoms with Gasteiger partial charge in [0, 0.05) is 26.9 Å². The van der Waals surface area contributed by atoms with Gasteiger partial charge in [0.2, 0.25) is 10.0 Å². The number of halogens is 2. The Morgan fingerprint density at radius 1 is 0.938 bits per heavy atom. The molecule has 0 saturated carbocycles. The van der Waals surface area contributed by atoms with E-state index >= 15 is 0 Å². The normalized spacial score (nSPS) is 11.3. The van der Waals surface area contributed by atoms with Crippen molar-refractivity contribution in [3.63, 3.8) is 0 Å². The summed E-state index contributed by atoms with van der Waals surface area (Å²) in [5.74, 6) is 0. The number of rotatable bonds is 4. The molecule has 4 rings (SSSR count). The molecule has 4 aromatic rings. The number of carbonyl (C=O) groups excluding carboxylic acids is 1. The SMILES string of the molecule is NS(=O)(=O)c1ccc(-c2nn(C(=O)Nc3cccc(Cl)c3)[c]c2-c2ccc(Cl)cc2)cc1. The fraction of sp³-hybridized carbons (Fsp3) is 0.